The highest BCUT2D eigenvalue weighted by Gasteiger charge is 2.09. The van der Waals surface area contributed by atoms with Crippen LogP contribution in [0, 0.1) is 0 Å². The lowest BCUT2D eigenvalue weighted by atomic mass is 10.0. The third kappa shape index (κ3) is 2.09. The number of nitrogens with one attached hydrogen (secondary N) is 1. The molecular formula is C18H13N3. The summed E-state index contributed by atoms with van der Waals surface area (Å²) in [5, 5.41) is 8.69. The molecule has 0 atom stereocenters. The van der Waals surface area contributed by atoms with E-state index in [-0.39, 0.29) is 0 Å². The van der Waals surface area contributed by atoms with Crippen LogP contribution in [0.3, 0.4) is 0 Å². The van der Waals surface area contributed by atoms with Gasteiger partial charge >= 0.3 is 0 Å². The second kappa shape index (κ2) is 4.87. The van der Waals surface area contributed by atoms with Crippen LogP contribution < -0.4 is 0 Å². The van der Waals surface area contributed by atoms with Crippen LogP contribution in [0.5, 0.6) is 0 Å². The van der Waals surface area contributed by atoms with E-state index >= 15 is 0 Å². The lowest BCUT2D eigenvalue weighted by molar-refractivity contribution is 1.12. The number of benzene rings is 2. The molecule has 0 spiro atoms. The Hall–Kier alpha value is -2.94. The van der Waals surface area contributed by atoms with Gasteiger partial charge in [-0.15, -0.1) is 0 Å². The Morgan fingerprint density at radius 3 is 2.43 bits per heavy atom. The second-order valence-electron chi connectivity index (χ2n) is 4.94. The average Bonchev–Trinajstić information content (AvgIpc) is 2.99. The van der Waals surface area contributed by atoms with E-state index in [1.807, 2.05) is 30.5 Å². The summed E-state index contributed by atoms with van der Waals surface area (Å²) in [6.07, 6.45) is 3.67. The summed E-state index contributed by atoms with van der Waals surface area (Å²) < 4.78 is 0. The number of fused-ring (bicyclic) bond motifs is 1. The average molecular weight is 271 g/mol. The summed E-state index contributed by atoms with van der Waals surface area (Å²) in [5.74, 6) is 0. The molecule has 0 aliphatic carbocycles. The van der Waals surface area contributed by atoms with E-state index in [2.05, 4.69) is 51.6 Å². The smallest absolute Gasteiger partial charge is 0.0999 e. The molecule has 0 unspecified atom stereocenters. The summed E-state index contributed by atoms with van der Waals surface area (Å²) in [6.45, 7) is 0. The molecule has 3 nitrogen and oxygen atoms in total. The summed E-state index contributed by atoms with van der Waals surface area (Å²) in [6, 6.07) is 20.6. The van der Waals surface area contributed by atoms with Crippen LogP contribution in [0.25, 0.3) is 33.3 Å². The molecule has 100 valence electrons. The van der Waals surface area contributed by atoms with E-state index in [1.165, 1.54) is 0 Å². The van der Waals surface area contributed by atoms with E-state index in [9.17, 15) is 0 Å². The van der Waals surface area contributed by atoms with E-state index in [1.54, 1.807) is 6.20 Å². The highest BCUT2D eigenvalue weighted by molar-refractivity contribution is 5.95. The van der Waals surface area contributed by atoms with Crippen molar-refractivity contribution >= 4 is 10.9 Å². The molecule has 3 heteroatoms. The van der Waals surface area contributed by atoms with Crippen LogP contribution >= 0.6 is 0 Å². The molecule has 0 saturated carbocycles. The first-order valence-corrected chi connectivity index (χ1v) is 6.86. The molecule has 0 radical (unpaired) electrons. The SMILES string of the molecule is c1ccc(-c2n[nH]c3ccc(-c4cccnc4)cc23)cc1. The van der Waals surface area contributed by atoms with Crippen LogP contribution in [-0.4, -0.2) is 15.2 Å². The Kier molecular flexibility index (Phi) is 2.75. The van der Waals surface area contributed by atoms with Crippen molar-refractivity contribution in [3.8, 4) is 22.4 Å². The standard InChI is InChI=1S/C18H13N3/c1-2-5-13(6-3-1)18-16-11-14(8-9-17(16)20-21-18)15-7-4-10-19-12-15/h1-12H,(H,20,21). The zero-order valence-electron chi connectivity index (χ0n) is 11.3. The minimum absolute atomic E-state index is 0.983. The highest BCUT2D eigenvalue weighted by Crippen LogP contribution is 2.29. The zero-order valence-corrected chi connectivity index (χ0v) is 11.3. The van der Waals surface area contributed by atoms with Gasteiger partial charge in [0.1, 0.15) is 0 Å². The van der Waals surface area contributed by atoms with Crippen molar-refractivity contribution in [2.45, 2.75) is 0 Å². The third-order valence-corrected chi connectivity index (χ3v) is 3.60. The van der Waals surface area contributed by atoms with E-state index in [0.717, 1.165) is 33.3 Å². The Morgan fingerprint density at radius 1 is 0.762 bits per heavy atom. The van der Waals surface area contributed by atoms with Gasteiger partial charge in [0.15, 0.2) is 0 Å². The van der Waals surface area contributed by atoms with Crippen molar-refractivity contribution in [3.05, 3.63) is 73.1 Å². The predicted octanol–water partition coefficient (Wildman–Crippen LogP) is 4.29. The van der Waals surface area contributed by atoms with Gasteiger partial charge in [0, 0.05) is 28.9 Å². The van der Waals surface area contributed by atoms with Gasteiger partial charge in [0.2, 0.25) is 0 Å². The Labute approximate surface area is 122 Å². The largest absolute Gasteiger partial charge is 0.277 e. The number of rotatable bonds is 2. The van der Waals surface area contributed by atoms with Crippen molar-refractivity contribution < 1.29 is 0 Å². The van der Waals surface area contributed by atoms with Gasteiger partial charge in [-0.05, 0) is 23.8 Å². The fraction of sp³-hybridized carbons (Fsp3) is 0. The van der Waals surface area contributed by atoms with Crippen LogP contribution in [0.2, 0.25) is 0 Å². The van der Waals surface area contributed by atoms with Crippen molar-refractivity contribution in [3.63, 3.8) is 0 Å². The maximum atomic E-state index is 4.46. The first-order chi connectivity index (χ1) is 10.4. The molecule has 2 heterocycles. The van der Waals surface area contributed by atoms with Gasteiger partial charge in [-0.2, -0.15) is 5.10 Å². The molecule has 4 aromatic rings. The van der Waals surface area contributed by atoms with Gasteiger partial charge in [0.25, 0.3) is 0 Å². The van der Waals surface area contributed by atoms with E-state index < -0.39 is 0 Å². The zero-order chi connectivity index (χ0) is 14.1. The number of hydrogen-bond donors (Lipinski definition) is 1. The summed E-state index contributed by atoms with van der Waals surface area (Å²) in [4.78, 5) is 4.19. The molecule has 0 bridgehead atoms. The predicted molar refractivity (Wildman–Crippen MR) is 84.8 cm³/mol. The molecule has 4 rings (SSSR count). The molecule has 0 saturated heterocycles. The van der Waals surface area contributed by atoms with Gasteiger partial charge in [-0.25, -0.2) is 0 Å². The van der Waals surface area contributed by atoms with Crippen molar-refractivity contribution in [1.29, 1.82) is 0 Å². The number of pyridine rings is 1. The minimum atomic E-state index is 0.983. The first-order valence-electron chi connectivity index (χ1n) is 6.86. The molecular weight excluding hydrogens is 258 g/mol. The van der Waals surface area contributed by atoms with Crippen LogP contribution in [-0.2, 0) is 0 Å². The second-order valence-corrected chi connectivity index (χ2v) is 4.94. The maximum Gasteiger partial charge on any atom is 0.0999 e. The fourth-order valence-electron chi connectivity index (χ4n) is 2.54. The summed E-state index contributed by atoms with van der Waals surface area (Å²) in [5.41, 5.74) is 5.40. The lowest BCUT2D eigenvalue weighted by Gasteiger charge is -2.02. The third-order valence-electron chi connectivity index (χ3n) is 3.60. The molecule has 2 aromatic carbocycles. The van der Waals surface area contributed by atoms with Crippen molar-refractivity contribution in [1.82, 2.24) is 15.2 Å². The fourth-order valence-corrected chi connectivity index (χ4v) is 2.54. The normalized spacial score (nSPS) is 10.9. The van der Waals surface area contributed by atoms with Crippen LogP contribution in [0.1, 0.15) is 0 Å². The number of nitrogens with zero attached hydrogens (tertiary/aromatic N) is 2. The minimum Gasteiger partial charge on any atom is -0.277 e. The summed E-state index contributed by atoms with van der Waals surface area (Å²) >= 11 is 0. The number of aromatic amines is 1. The molecule has 21 heavy (non-hydrogen) atoms. The molecule has 1 N–H and O–H groups in total. The highest BCUT2D eigenvalue weighted by atomic mass is 15.1. The first kappa shape index (κ1) is 11.9. The Morgan fingerprint density at radius 2 is 1.62 bits per heavy atom. The van der Waals surface area contributed by atoms with Crippen molar-refractivity contribution in [2.75, 3.05) is 0 Å². The molecule has 2 aromatic heterocycles. The molecule has 0 aliphatic heterocycles. The molecule has 0 amide bonds. The number of H-pyrrole nitrogens is 1. The van der Waals surface area contributed by atoms with Crippen LogP contribution in [0.15, 0.2) is 73.1 Å². The van der Waals surface area contributed by atoms with Gasteiger partial charge < -0.3 is 0 Å². The maximum absolute atomic E-state index is 4.46. The topological polar surface area (TPSA) is 41.6 Å². The molecule has 0 aliphatic rings. The van der Waals surface area contributed by atoms with E-state index in [4.69, 9.17) is 0 Å². The van der Waals surface area contributed by atoms with E-state index in [0.29, 0.717) is 0 Å². The number of hydrogen-bond acceptors (Lipinski definition) is 2. The van der Waals surface area contributed by atoms with Crippen LogP contribution in [0.4, 0.5) is 0 Å². The quantitative estimate of drug-likeness (QED) is 0.591. The summed E-state index contributed by atoms with van der Waals surface area (Å²) in [7, 11) is 0. The Balaban J connectivity index is 1.91. The Bertz CT molecular complexity index is 880. The van der Waals surface area contributed by atoms with Gasteiger partial charge in [-0.3, -0.25) is 10.1 Å². The van der Waals surface area contributed by atoms with Gasteiger partial charge in [-0.1, -0.05) is 42.5 Å². The van der Waals surface area contributed by atoms with Crippen molar-refractivity contribution in [2.24, 2.45) is 0 Å². The monoisotopic (exact) mass is 271 g/mol. The lowest BCUT2D eigenvalue weighted by Crippen LogP contribution is -1.80. The molecule has 0 fully saturated rings. The number of aromatic nitrogens is 3. The van der Waals surface area contributed by atoms with Gasteiger partial charge in [0.05, 0.1) is 11.2 Å².